The van der Waals surface area contributed by atoms with Crippen LogP contribution >= 0.6 is 0 Å². The van der Waals surface area contributed by atoms with Crippen molar-refractivity contribution < 1.29 is 23.1 Å². The Morgan fingerprint density at radius 1 is 1.33 bits per heavy atom. The maximum absolute atomic E-state index is 13.7. The Bertz CT molecular complexity index is 745. The van der Waals surface area contributed by atoms with E-state index in [0.29, 0.717) is 17.7 Å². The van der Waals surface area contributed by atoms with Gasteiger partial charge in [-0.3, -0.25) is 9.59 Å². The summed E-state index contributed by atoms with van der Waals surface area (Å²) in [5.41, 5.74) is 1.50. The molecule has 1 aliphatic rings. The van der Waals surface area contributed by atoms with Crippen molar-refractivity contribution in [2.24, 2.45) is 0 Å². The minimum atomic E-state index is -0.723. The van der Waals surface area contributed by atoms with Gasteiger partial charge in [0.2, 0.25) is 0 Å². The summed E-state index contributed by atoms with van der Waals surface area (Å²) in [7, 11) is 1.51. The number of halogens is 1. The second-order valence-electron chi connectivity index (χ2n) is 5.43. The molecule has 1 aromatic carbocycles. The molecule has 2 heterocycles. The number of benzene rings is 1. The predicted octanol–water partition coefficient (Wildman–Crippen LogP) is 1.67. The second-order valence-corrected chi connectivity index (χ2v) is 5.43. The average Bonchev–Trinajstić information content (AvgIpc) is 3.15. The average molecular weight is 332 g/mol. The summed E-state index contributed by atoms with van der Waals surface area (Å²) < 4.78 is 24.1. The molecule has 1 aliphatic heterocycles. The monoisotopic (exact) mass is 332 g/mol. The highest BCUT2D eigenvalue weighted by Crippen LogP contribution is 2.26. The van der Waals surface area contributed by atoms with Crippen molar-refractivity contribution in [2.45, 2.75) is 6.10 Å². The van der Waals surface area contributed by atoms with E-state index in [1.54, 1.807) is 12.1 Å². The standard InChI is InChI=1S/C17H17FN2O4/c1-19-16(21)15-9-20(5-7-24-15)17(22)14-8-12(18)2-3-13(14)11-4-6-23-10-11/h2-4,6,8,10,15H,5,7,9H2,1H3,(H,19,21). The fourth-order valence-corrected chi connectivity index (χ4v) is 2.69. The van der Waals surface area contributed by atoms with Gasteiger partial charge in [0, 0.05) is 19.2 Å². The molecule has 0 bridgehead atoms. The summed E-state index contributed by atoms with van der Waals surface area (Å²) in [6.07, 6.45) is 2.26. The van der Waals surface area contributed by atoms with Gasteiger partial charge in [0.05, 0.1) is 31.2 Å². The Hall–Kier alpha value is -2.67. The lowest BCUT2D eigenvalue weighted by Crippen LogP contribution is -2.51. The van der Waals surface area contributed by atoms with Crippen LogP contribution in [0.4, 0.5) is 4.39 Å². The molecule has 6 nitrogen and oxygen atoms in total. The summed E-state index contributed by atoms with van der Waals surface area (Å²) in [4.78, 5) is 26.1. The molecule has 0 saturated carbocycles. The third-order valence-electron chi connectivity index (χ3n) is 3.94. The number of morpholine rings is 1. The fraction of sp³-hybridized carbons (Fsp3) is 0.294. The topological polar surface area (TPSA) is 71.8 Å². The van der Waals surface area contributed by atoms with E-state index in [4.69, 9.17) is 9.15 Å². The lowest BCUT2D eigenvalue weighted by atomic mass is 10.0. The van der Waals surface area contributed by atoms with Gasteiger partial charge in [-0.25, -0.2) is 4.39 Å². The predicted molar refractivity (Wildman–Crippen MR) is 83.8 cm³/mol. The van der Waals surface area contributed by atoms with Crippen LogP contribution in [0.25, 0.3) is 11.1 Å². The van der Waals surface area contributed by atoms with Crippen LogP contribution in [0.1, 0.15) is 10.4 Å². The van der Waals surface area contributed by atoms with Gasteiger partial charge in [0.25, 0.3) is 11.8 Å². The van der Waals surface area contributed by atoms with Crippen LogP contribution < -0.4 is 5.32 Å². The first-order valence-corrected chi connectivity index (χ1v) is 7.54. The van der Waals surface area contributed by atoms with Crippen LogP contribution in [0.3, 0.4) is 0 Å². The van der Waals surface area contributed by atoms with Crippen LogP contribution in [0.5, 0.6) is 0 Å². The highest BCUT2D eigenvalue weighted by Gasteiger charge is 2.30. The molecule has 24 heavy (non-hydrogen) atoms. The van der Waals surface area contributed by atoms with E-state index >= 15 is 0 Å². The van der Waals surface area contributed by atoms with Crippen molar-refractivity contribution in [1.82, 2.24) is 10.2 Å². The number of nitrogens with one attached hydrogen (secondary N) is 1. The summed E-state index contributed by atoms with van der Waals surface area (Å²) in [5.74, 6) is -1.13. The second kappa shape index (κ2) is 6.84. The molecule has 0 aliphatic carbocycles. The molecular formula is C17H17FN2O4. The Morgan fingerprint density at radius 2 is 2.17 bits per heavy atom. The summed E-state index contributed by atoms with van der Waals surface area (Å²) in [6.45, 7) is 0.716. The Morgan fingerprint density at radius 3 is 2.88 bits per heavy atom. The molecule has 7 heteroatoms. The van der Waals surface area contributed by atoms with E-state index in [2.05, 4.69) is 5.32 Å². The third kappa shape index (κ3) is 3.16. The van der Waals surface area contributed by atoms with E-state index in [-0.39, 0.29) is 30.5 Å². The highest BCUT2D eigenvalue weighted by molar-refractivity contribution is 6.01. The highest BCUT2D eigenvalue weighted by atomic mass is 19.1. The van der Waals surface area contributed by atoms with Gasteiger partial charge in [0.1, 0.15) is 5.82 Å². The van der Waals surface area contributed by atoms with Gasteiger partial charge < -0.3 is 19.4 Å². The molecule has 3 rings (SSSR count). The first kappa shape index (κ1) is 16.2. The van der Waals surface area contributed by atoms with Crippen molar-refractivity contribution >= 4 is 11.8 Å². The van der Waals surface area contributed by atoms with Crippen LogP contribution in [0.15, 0.2) is 41.2 Å². The van der Waals surface area contributed by atoms with Crippen molar-refractivity contribution in [3.8, 4) is 11.1 Å². The van der Waals surface area contributed by atoms with Gasteiger partial charge in [-0.1, -0.05) is 6.07 Å². The van der Waals surface area contributed by atoms with Crippen molar-refractivity contribution in [3.05, 3.63) is 48.2 Å². The molecule has 2 amide bonds. The van der Waals surface area contributed by atoms with Gasteiger partial charge in [-0.2, -0.15) is 0 Å². The number of carbonyl (C=O) groups is 2. The summed E-state index contributed by atoms with van der Waals surface area (Å²) in [6, 6.07) is 5.75. The molecular weight excluding hydrogens is 315 g/mol. The zero-order valence-electron chi connectivity index (χ0n) is 13.1. The number of likely N-dealkylation sites (N-methyl/N-ethyl adjacent to an activating group) is 1. The molecule has 126 valence electrons. The Labute approximate surface area is 138 Å². The molecule has 1 saturated heterocycles. The Balaban J connectivity index is 1.89. The molecule has 1 fully saturated rings. The number of nitrogens with zero attached hydrogens (tertiary/aromatic N) is 1. The molecule has 1 N–H and O–H groups in total. The summed E-state index contributed by atoms with van der Waals surface area (Å²) in [5, 5.41) is 2.50. The number of carbonyl (C=O) groups excluding carboxylic acids is 2. The smallest absolute Gasteiger partial charge is 0.254 e. The van der Waals surface area contributed by atoms with Crippen LogP contribution in [0, 0.1) is 5.82 Å². The van der Waals surface area contributed by atoms with E-state index < -0.39 is 11.9 Å². The van der Waals surface area contributed by atoms with E-state index in [9.17, 15) is 14.0 Å². The first-order valence-electron chi connectivity index (χ1n) is 7.54. The lowest BCUT2D eigenvalue weighted by molar-refractivity contribution is -0.136. The van der Waals surface area contributed by atoms with Crippen molar-refractivity contribution in [3.63, 3.8) is 0 Å². The van der Waals surface area contributed by atoms with Crippen molar-refractivity contribution in [1.29, 1.82) is 0 Å². The number of furan rings is 1. The molecule has 0 spiro atoms. The molecule has 2 aromatic rings. The molecule has 1 aromatic heterocycles. The summed E-state index contributed by atoms with van der Waals surface area (Å²) >= 11 is 0. The zero-order chi connectivity index (χ0) is 17.1. The van der Waals surface area contributed by atoms with E-state index in [1.807, 2.05) is 0 Å². The normalized spacial score (nSPS) is 17.6. The first-order chi connectivity index (χ1) is 11.6. The fourth-order valence-electron chi connectivity index (χ4n) is 2.69. The van der Waals surface area contributed by atoms with Gasteiger partial charge in [-0.05, 0) is 23.8 Å². The minimum Gasteiger partial charge on any atom is -0.472 e. The van der Waals surface area contributed by atoms with Crippen LogP contribution in [0.2, 0.25) is 0 Å². The number of hydrogen-bond acceptors (Lipinski definition) is 4. The van der Waals surface area contributed by atoms with Crippen LogP contribution in [-0.2, 0) is 9.53 Å². The maximum atomic E-state index is 13.7. The minimum absolute atomic E-state index is 0.125. The zero-order valence-corrected chi connectivity index (χ0v) is 13.1. The molecule has 1 unspecified atom stereocenters. The van der Waals surface area contributed by atoms with Gasteiger partial charge in [-0.15, -0.1) is 0 Å². The Kier molecular flexibility index (Phi) is 4.61. The SMILES string of the molecule is CNC(=O)C1CN(C(=O)c2cc(F)ccc2-c2ccoc2)CCO1. The molecule has 1 atom stereocenters. The van der Waals surface area contributed by atoms with Gasteiger partial charge in [0.15, 0.2) is 6.10 Å². The quantitative estimate of drug-likeness (QED) is 0.928. The third-order valence-corrected chi connectivity index (χ3v) is 3.94. The molecule has 0 radical (unpaired) electrons. The van der Waals surface area contributed by atoms with Crippen LogP contribution in [-0.4, -0.2) is 49.6 Å². The van der Waals surface area contributed by atoms with E-state index in [1.165, 1.54) is 36.6 Å². The maximum Gasteiger partial charge on any atom is 0.254 e. The largest absolute Gasteiger partial charge is 0.472 e. The number of amides is 2. The lowest BCUT2D eigenvalue weighted by Gasteiger charge is -2.32. The van der Waals surface area contributed by atoms with Gasteiger partial charge >= 0.3 is 0 Å². The number of rotatable bonds is 3. The number of ether oxygens (including phenoxy) is 1. The van der Waals surface area contributed by atoms with E-state index in [0.717, 1.165) is 0 Å². The number of hydrogen-bond donors (Lipinski definition) is 1. The van der Waals surface area contributed by atoms with Crippen molar-refractivity contribution in [2.75, 3.05) is 26.7 Å².